The molecule has 0 saturated carbocycles. The zero-order chi connectivity index (χ0) is 16.2. The Kier molecular flexibility index (Phi) is 13.6. The fourth-order valence-electron chi connectivity index (χ4n) is 0.792. The molecule has 0 amide bonds. The van der Waals surface area contributed by atoms with Crippen molar-refractivity contribution in [2.45, 2.75) is 12.4 Å². The first-order chi connectivity index (χ1) is 9.81. The average molecular weight is 416 g/mol. The fourth-order valence-corrected chi connectivity index (χ4v) is 1.09. The summed E-state index contributed by atoms with van der Waals surface area (Å²) in [6.07, 6.45) is 0. The van der Waals surface area contributed by atoms with Gasteiger partial charge in [0.15, 0.2) is 0 Å². The largest absolute Gasteiger partial charge is 2.00 e. The van der Waals surface area contributed by atoms with Crippen molar-refractivity contribution in [3.8, 4) is 0 Å². The molecule has 0 saturated heterocycles. The van der Waals surface area contributed by atoms with E-state index in [-0.39, 0.29) is 32.8 Å². The van der Waals surface area contributed by atoms with Gasteiger partial charge < -0.3 is 0 Å². The number of rotatable bonds is 3. The molecule has 0 aliphatic heterocycles. The predicted molar refractivity (Wildman–Crippen MR) is 71.8 cm³/mol. The molecule has 0 N–H and O–H groups in total. The van der Waals surface area contributed by atoms with Gasteiger partial charge in [0.2, 0.25) is 0 Å². The average Bonchev–Trinajstić information content (AvgIpc) is 3.11. The Hall–Kier alpha value is -0.757. The second-order valence-corrected chi connectivity index (χ2v) is 4.81. The molecule has 2 rings (SSSR count). The van der Waals surface area contributed by atoms with Crippen LogP contribution < -0.4 is 0 Å². The van der Waals surface area contributed by atoms with Gasteiger partial charge in [0.25, 0.3) is 0 Å². The Morgan fingerprint density at radius 1 is 0.955 bits per heavy atom. The van der Waals surface area contributed by atoms with E-state index in [9.17, 15) is 21.6 Å². The third-order valence-corrected chi connectivity index (χ3v) is 2.49. The summed E-state index contributed by atoms with van der Waals surface area (Å²) >= 11 is 0. The zero-order valence-corrected chi connectivity index (χ0v) is 14.9. The monoisotopic (exact) mass is 414 g/mol. The molecule has 22 heavy (non-hydrogen) atoms. The van der Waals surface area contributed by atoms with E-state index in [2.05, 4.69) is 9.22 Å². The Balaban J connectivity index is 0. The van der Waals surface area contributed by atoms with Crippen molar-refractivity contribution in [1.82, 2.24) is 0 Å². The van der Waals surface area contributed by atoms with Crippen LogP contribution in [0.1, 0.15) is 6.92 Å². The molecular formula is C13H15F3O4SZr. The fraction of sp³-hybridized carbons (Fsp3) is 0.231. The van der Waals surface area contributed by atoms with Crippen LogP contribution in [0.5, 0.6) is 0 Å². The first-order valence-electron chi connectivity index (χ1n) is 5.77. The third-order valence-electron chi connectivity index (χ3n) is 1.65. The van der Waals surface area contributed by atoms with Crippen molar-refractivity contribution in [2.75, 3.05) is 6.61 Å². The smallest absolute Gasteiger partial charge is 0.220 e. The minimum absolute atomic E-state index is 0. The first-order valence-corrected chi connectivity index (χ1v) is 7.18. The summed E-state index contributed by atoms with van der Waals surface area (Å²) in [4.78, 5) is 3.62. The van der Waals surface area contributed by atoms with Gasteiger partial charge in [-0.3, -0.25) is 0 Å². The summed E-state index contributed by atoms with van der Waals surface area (Å²) in [6.45, 7) is 1.00. The number of hydrogen-bond acceptors (Lipinski definition) is 4. The van der Waals surface area contributed by atoms with Gasteiger partial charge in [-0.25, -0.2) is 29.2 Å². The van der Waals surface area contributed by atoms with Gasteiger partial charge in [0.1, 0.15) is 0 Å². The molecule has 0 aliphatic carbocycles. The minimum Gasteiger partial charge on any atom is -0.220 e. The molecule has 4 nitrogen and oxygen atoms in total. The van der Waals surface area contributed by atoms with Gasteiger partial charge in [-0.05, 0) is 6.92 Å². The van der Waals surface area contributed by atoms with E-state index in [0.717, 1.165) is 0 Å². The van der Waals surface area contributed by atoms with Gasteiger partial charge in [-0.15, -0.1) is 0 Å². The number of halogens is 3. The van der Waals surface area contributed by atoms with Crippen molar-refractivity contribution < 1.29 is 57.0 Å². The maximum absolute atomic E-state index is 11.4. The van der Waals surface area contributed by atoms with Crippen molar-refractivity contribution in [1.29, 1.82) is 0 Å². The van der Waals surface area contributed by atoms with Crippen molar-refractivity contribution >= 4 is 10.1 Å². The quantitative estimate of drug-likeness (QED) is 0.333. The summed E-state index contributed by atoms with van der Waals surface area (Å²) < 4.78 is 57.1. The molecule has 2 aromatic rings. The van der Waals surface area contributed by atoms with Crippen molar-refractivity contribution in [2.24, 2.45) is 0 Å². The van der Waals surface area contributed by atoms with Gasteiger partial charge in [-0.1, -0.05) is 4.33 Å². The molecule has 0 radical (unpaired) electrons. The Labute approximate surface area is 146 Å². The molecule has 0 atom stereocenters. The summed E-state index contributed by atoms with van der Waals surface area (Å²) in [5.41, 5.74) is -5.43. The maximum atomic E-state index is 11.4. The molecule has 9 heteroatoms. The van der Waals surface area contributed by atoms with E-state index >= 15 is 0 Å². The van der Waals surface area contributed by atoms with Crippen LogP contribution in [0.2, 0.25) is 0 Å². The summed E-state index contributed by atoms with van der Waals surface area (Å²) in [5, 5.41) is 0. The molecule has 0 heterocycles. The molecule has 122 valence electrons. The predicted octanol–water partition coefficient (Wildman–Crippen LogP) is 3.61. The standard InChI is InChI=1S/2C5H5.C3H5F3O4S.Zr/c2*1-2-4-5-3-1;1-2-9-10-11(7,8)3(4,5)6;/h2*1-5H;2H2,1H3;/q2*-1;;+2. The van der Waals surface area contributed by atoms with Gasteiger partial charge in [0, 0.05) is 0 Å². The molecule has 0 unspecified atom stereocenters. The zero-order valence-electron chi connectivity index (χ0n) is 11.7. The van der Waals surface area contributed by atoms with E-state index < -0.39 is 15.6 Å². The number of hydrogen-bond donors (Lipinski definition) is 0. The molecule has 0 aliphatic rings. The maximum Gasteiger partial charge on any atom is 2.00 e. The van der Waals surface area contributed by atoms with Gasteiger partial charge >= 0.3 is 41.8 Å². The van der Waals surface area contributed by atoms with Crippen LogP contribution in [0.15, 0.2) is 60.7 Å². The van der Waals surface area contributed by atoms with Crippen LogP contribution in [0.3, 0.4) is 0 Å². The van der Waals surface area contributed by atoms with Crippen molar-refractivity contribution in [3.05, 3.63) is 60.7 Å². The topological polar surface area (TPSA) is 52.6 Å². The van der Waals surface area contributed by atoms with Crippen LogP contribution in [0, 0.1) is 0 Å². The number of alkyl halides is 3. The second-order valence-electron chi connectivity index (χ2n) is 3.30. The Bertz CT molecular complexity index is 461. The minimum atomic E-state index is -5.58. The Morgan fingerprint density at radius 3 is 1.50 bits per heavy atom. The van der Waals surface area contributed by atoms with Crippen LogP contribution in [-0.2, 0) is 45.5 Å². The summed E-state index contributed by atoms with van der Waals surface area (Å²) in [5.74, 6) is 0. The summed E-state index contributed by atoms with van der Waals surface area (Å²) in [6, 6.07) is 20.0. The van der Waals surface area contributed by atoms with Crippen LogP contribution in [0.25, 0.3) is 0 Å². The molecule has 2 aromatic carbocycles. The molecule has 0 spiro atoms. The van der Waals surface area contributed by atoms with E-state index in [0.29, 0.717) is 0 Å². The van der Waals surface area contributed by atoms with E-state index in [4.69, 9.17) is 0 Å². The normalized spacial score (nSPS) is 10.4. The second kappa shape index (κ2) is 12.8. The third kappa shape index (κ3) is 11.9. The van der Waals surface area contributed by atoms with Crippen molar-refractivity contribution in [3.63, 3.8) is 0 Å². The van der Waals surface area contributed by atoms with E-state index in [1.807, 2.05) is 60.7 Å². The SMILES string of the molecule is CCOOS(=O)(=O)C(F)(F)F.[Zr+2].c1cc[cH-]c1.c1cc[cH-]c1. The first kappa shape index (κ1) is 23.5. The summed E-state index contributed by atoms with van der Waals surface area (Å²) in [7, 11) is -5.58. The van der Waals surface area contributed by atoms with E-state index in [1.54, 1.807) is 0 Å². The Morgan fingerprint density at radius 2 is 1.32 bits per heavy atom. The van der Waals surface area contributed by atoms with Gasteiger partial charge in [0.05, 0.1) is 6.61 Å². The van der Waals surface area contributed by atoms with E-state index in [1.165, 1.54) is 6.92 Å². The van der Waals surface area contributed by atoms with Gasteiger partial charge in [-0.2, -0.15) is 58.0 Å². The van der Waals surface area contributed by atoms with Crippen LogP contribution in [-0.4, -0.2) is 20.5 Å². The molecular weight excluding hydrogens is 400 g/mol. The molecule has 0 fully saturated rings. The molecule has 0 aromatic heterocycles. The molecule has 0 bridgehead atoms. The van der Waals surface area contributed by atoms with Crippen LogP contribution in [0.4, 0.5) is 13.2 Å². The van der Waals surface area contributed by atoms with Crippen LogP contribution >= 0.6 is 0 Å².